The van der Waals surface area contributed by atoms with Gasteiger partial charge in [0.15, 0.2) is 0 Å². The molecule has 1 fully saturated rings. The molecule has 0 amide bonds. The number of unbranched alkanes of at least 4 members (excludes halogenated alkanes) is 1. The summed E-state index contributed by atoms with van der Waals surface area (Å²) < 4.78 is 0. The molecular weight excluding hydrogens is 242 g/mol. The molecule has 2 rings (SSSR count). The van der Waals surface area contributed by atoms with E-state index in [1.807, 2.05) is 0 Å². The number of benzene rings is 1. The fourth-order valence-electron chi connectivity index (χ4n) is 3.51. The van der Waals surface area contributed by atoms with E-state index in [0.29, 0.717) is 0 Å². The lowest BCUT2D eigenvalue weighted by Gasteiger charge is -2.32. The Morgan fingerprint density at radius 2 is 1.75 bits per heavy atom. The maximum absolute atomic E-state index is 3.91. The summed E-state index contributed by atoms with van der Waals surface area (Å²) in [5.41, 5.74) is 1.55. The molecule has 1 aromatic carbocycles. The summed E-state index contributed by atoms with van der Waals surface area (Å²) in [5, 5.41) is 3.91. The lowest BCUT2D eigenvalue weighted by atomic mass is 9.81. The zero-order chi connectivity index (χ0) is 14.2. The van der Waals surface area contributed by atoms with E-state index < -0.39 is 0 Å². The smallest absolute Gasteiger partial charge is 0.00700 e. The number of rotatable bonds is 7. The van der Waals surface area contributed by atoms with Gasteiger partial charge in [-0.05, 0) is 50.0 Å². The minimum atomic E-state index is 0.744. The first-order valence-corrected chi connectivity index (χ1v) is 8.64. The molecule has 1 nitrogen and oxygen atoms in total. The minimum Gasteiger partial charge on any atom is -0.311 e. The van der Waals surface area contributed by atoms with Crippen molar-refractivity contribution in [3.05, 3.63) is 35.9 Å². The van der Waals surface area contributed by atoms with Crippen LogP contribution in [0, 0.1) is 0 Å². The Morgan fingerprint density at radius 1 is 1.05 bits per heavy atom. The van der Waals surface area contributed by atoms with Crippen molar-refractivity contribution in [2.75, 3.05) is 0 Å². The number of hydrogen-bond donors (Lipinski definition) is 1. The van der Waals surface area contributed by atoms with Gasteiger partial charge < -0.3 is 5.32 Å². The van der Waals surface area contributed by atoms with Gasteiger partial charge >= 0.3 is 0 Å². The first-order chi connectivity index (χ1) is 9.83. The lowest BCUT2D eigenvalue weighted by molar-refractivity contribution is 0.300. The Balaban J connectivity index is 1.76. The van der Waals surface area contributed by atoms with Crippen LogP contribution in [-0.4, -0.2) is 12.1 Å². The van der Waals surface area contributed by atoms with Crippen molar-refractivity contribution in [2.45, 2.75) is 83.2 Å². The molecule has 1 heteroatoms. The van der Waals surface area contributed by atoms with Gasteiger partial charge in [0.25, 0.3) is 0 Å². The second kappa shape index (κ2) is 8.46. The van der Waals surface area contributed by atoms with Crippen LogP contribution in [0.2, 0.25) is 0 Å². The molecule has 1 aliphatic rings. The third kappa shape index (κ3) is 4.63. The fraction of sp³-hybridized carbons (Fsp3) is 0.684. The third-order valence-electron chi connectivity index (χ3n) is 4.87. The van der Waals surface area contributed by atoms with Crippen molar-refractivity contribution in [1.29, 1.82) is 0 Å². The Bertz CT molecular complexity index is 351. The average Bonchev–Trinajstić information content (AvgIpc) is 2.53. The fourth-order valence-corrected chi connectivity index (χ4v) is 3.51. The van der Waals surface area contributed by atoms with Crippen LogP contribution in [0.5, 0.6) is 0 Å². The van der Waals surface area contributed by atoms with E-state index in [1.165, 1.54) is 51.4 Å². The lowest BCUT2D eigenvalue weighted by Crippen LogP contribution is -2.40. The topological polar surface area (TPSA) is 12.0 Å². The van der Waals surface area contributed by atoms with E-state index in [1.54, 1.807) is 5.56 Å². The van der Waals surface area contributed by atoms with Gasteiger partial charge in [-0.1, -0.05) is 57.0 Å². The predicted molar refractivity (Wildman–Crippen MR) is 88.2 cm³/mol. The SMILES string of the molecule is CCCCC(CC)NC1CCC(c2ccccc2)CC1. The molecule has 0 saturated heterocycles. The van der Waals surface area contributed by atoms with Gasteiger partial charge in [-0.15, -0.1) is 0 Å². The molecule has 112 valence electrons. The van der Waals surface area contributed by atoms with Crippen LogP contribution in [0.1, 0.15) is 76.7 Å². The maximum Gasteiger partial charge on any atom is 0.00700 e. The van der Waals surface area contributed by atoms with E-state index in [2.05, 4.69) is 49.5 Å². The molecule has 1 unspecified atom stereocenters. The summed E-state index contributed by atoms with van der Waals surface area (Å²) in [6, 6.07) is 12.6. The van der Waals surface area contributed by atoms with Gasteiger partial charge in [-0.25, -0.2) is 0 Å². The molecule has 0 aliphatic heterocycles. The third-order valence-corrected chi connectivity index (χ3v) is 4.87. The molecule has 1 aliphatic carbocycles. The van der Waals surface area contributed by atoms with E-state index in [9.17, 15) is 0 Å². The Hall–Kier alpha value is -0.820. The van der Waals surface area contributed by atoms with Gasteiger partial charge in [0.2, 0.25) is 0 Å². The van der Waals surface area contributed by atoms with Crippen LogP contribution in [0.25, 0.3) is 0 Å². The second-order valence-electron chi connectivity index (χ2n) is 6.37. The Kier molecular flexibility index (Phi) is 6.59. The zero-order valence-corrected chi connectivity index (χ0v) is 13.3. The quantitative estimate of drug-likeness (QED) is 0.713. The van der Waals surface area contributed by atoms with Crippen LogP contribution in [-0.2, 0) is 0 Å². The van der Waals surface area contributed by atoms with E-state index in [-0.39, 0.29) is 0 Å². The summed E-state index contributed by atoms with van der Waals surface area (Å²) in [5.74, 6) is 0.796. The highest BCUT2D eigenvalue weighted by Gasteiger charge is 2.23. The monoisotopic (exact) mass is 273 g/mol. The van der Waals surface area contributed by atoms with Crippen molar-refractivity contribution in [1.82, 2.24) is 5.32 Å². The van der Waals surface area contributed by atoms with Crippen LogP contribution in [0.3, 0.4) is 0 Å². The van der Waals surface area contributed by atoms with Crippen molar-refractivity contribution in [3.8, 4) is 0 Å². The minimum absolute atomic E-state index is 0.744. The average molecular weight is 273 g/mol. The molecule has 1 aromatic rings. The highest BCUT2D eigenvalue weighted by molar-refractivity contribution is 5.20. The van der Waals surface area contributed by atoms with Crippen molar-refractivity contribution < 1.29 is 0 Å². The van der Waals surface area contributed by atoms with Gasteiger partial charge in [-0.2, -0.15) is 0 Å². The molecular formula is C19H31N. The highest BCUT2D eigenvalue weighted by atomic mass is 14.9. The van der Waals surface area contributed by atoms with Crippen LogP contribution >= 0.6 is 0 Å². The summed E-state index contributed by atoms with van der Waals surface area (Å²) in [4.78, 5) is 0. The first kappa shape index (κ1) is 15.6. The van der Waals surface area contributed by atoms with Crippen LogP contribution in [0.4, 0.5) is 0 Å². The second-order valence-corrected chi connectivity index (χ2v) is 6.37. The normalized spacial score (nSPS) is 24.5. The Morgan fingerprint density at radius 3 is 2.35 bits per heavy atom. The van der Waals surface area contributed by atoms with Gasteiger partial charge in [0, 0.05) is 12.1 Å². The number of nitrogens with one attached hydrogen (secondary N) is 1. The predicted octanol–water partition coefficient (Wildman–Crippen LogP) is 5.27. The van der Waals surface area contributed by atoms with Crippen LogP contribution in [0.15, 0.2) is 30.3 Å². The summed E-state index contributed by atoms with van der Waals surface area (Å²) in [6.07, 6.45) is 10.7. The molecule has 1 atom stereocenters. The molecule has 0 bridgehead atoms. The molecule has 20 heavy (non-hydrogen) atoms. The highest BCUT2D eigenvalue weighted by Crippen LogP contribution is 2.33. The Labute approximate surface area is 125 Å². The summed E-state index contributed by atoms with van der Waals surface area (Å²) in [7, 11) is 0. The summed E-state index contributed by atoms with van der Waals surface area (Å²) in [6.45, 7) is 4.61. The van der Waals surface area contributed by atoms with Crippen molar-refractivity contribution in [3.63, 3.8) is 0 Å². The van der Waals surface area contributed by atoms with Gasteiger partial charge in [-0.3, -0.25) is 0 Å². The zero-order valence-electron chi connectivity index (χ0n) is 13.3. The molecule has 0 heterocycles. The first-order valence-electron chi connectivity index (χ1n) is 8.64. The molecule has 0 aromatic heterocycles. The van der Waals surface area contributed by atoms with E-state index in [4.69, 9.17) is 0 Å². The largest absolute Gasteiger partial charge is 0.311 e. The number of hydrogen-bond acceptors (Lipinski definition) is 1. The van der Waals surface area contributed by atoms with Gasteiger partial charge in [0.1, 0.15) is 0 Å². The van der Waals surface area contributed by atoms with Crippen LogP contribution < -0.4 is 5.32 Å². The molecule has 1 N–H and O–H groups in total. The molecule has 0 radical (unpaired) electrons. The molecule has 0 spiro atoms. The van der Waals surface area contributed by atoms with Crippen molar-refractivity contribution in [2.24, 2.45) is 0 Å². The van der Waals surface area contributed by atoms with E-state index >= 15 is 0 Å². The summed E-state index contributed by atoms with van der Waals surface area (Å²) >= 11 is 0. The van der Waals surface area contributed by atoms with Gasteiger partial charge in [0.05, 0.1) is 0 Å². The standard InChI is InChI=1S/C19H31N/c1-3-5-11-18(4-2)20-19-14-12-17(13-15-19)16-9-7-6-8-10-16/h6-10,17-20H,3-5,11-15H2,1-2H3. The van der Waals surface area contributed by atoms with Crippen molar-refractivity contribution >= 4 is 0 Å². The maximum atomic E-state index is 3.91. The molecule has 1 saturated carbocycles. The van der Waals surface area contributed by atoms with E-state index in [0.717, 1.165) is 18.0 Å².